The summed E-state index contributed by atoms with van der Waals surface area (Å²) in [5, 5.41) is 12.6. The van der Waals surface area contributed by atoms with Crippen LogP contribution in [0.25, 0.3) is 0 Å². The maximum Gasteiger partial charge on any atom is 0.255 e. The molecule has 0 fully saturated rings. The number of nitrogens with one attached hydrogen (secondary N) is 1. The normalized spacial score (nSPS) is 12.0. The molecule has 5 nitrogen and oxygen atoms in total. The van der Waals surface area contributed by atoms with E-state index in [2.05, 4.69) is 5.32 Å². The van der Waals surface area contributed by atoms with Gasteiger partial charge >= 0.3 is 0 Å². The van der Waals surface area contributed by atoms with Crippen molar-refractivity contribution in [2.45, 2.75) is 20.0 Å². The molecule has 1 atom stereocenters. The van der Waals surface area contributed by atoms with E-state index in [9.17, 15) is 9.90 Å². The Kier molecular flexibility index (Phi) is 5.00. The van der Waals surface area contributed by atoms with Crippen LogP contribution < -0.4 is 10.1 Å². The van der Waals surface area contributed by atoms with Crippen LogP contribution in [-0.4, -0.2) is 24.2 Å². The summed E-state index contributed by atoms with van der Waals surface area (Å²) in [4.78, 5) is 12.1. The zero-order valence-corrected chi connectivity index (χ0v) is 12.1. The Labute approximate surface area is 123 Å². The second kappa shape index (κ2) is 6.95. The first-order valence-electron chi connectivity index (χ1n) is 6.86. The maximum absolute atomic E-state index is 12.1. The number of rotatable bonds is 6. The van der Waals surface area contributed by atoms with E-state index < -0.39 is 6.10 Å². The lowest BCUT2D eigenvalue weighted by atomic mass is 10.2. The zero-order chi connectivity index (χ0) is 15.2. The van der Waals surface area contributed by atoms with Crippen molar-refractivity contribution in [2.75, 3.05) is 13.2 Å². The van der Waals surface area contributed by atoms with Crippen LogP contribution in [0.1, 0.15) is 34.9 Å². The molecule has 1 heterocycles. The lowest BCUT2D eigenvalue weighted by molar-refractivity contribution is 0.0896. The Bertz CT molecular complexity index is 606. The van der Waals surface area contributed by atoms with Gasteiger partial charge in [0.15, 0.2) is 0 Å². The molecule has 0 radical (unpaired) electrons. The molecule has 2 rings (SSSR count). The number of benzene rings is 1. The molecule has 0 bridgehead atoms. The quantitative estimate of drug-likeness (QED) is 0.857. The first-order valence-corrected chi connectivity index (χ1v) is 6.86. The van der Waals surface area contributed by atoms with E-state index in [-0.39, 0.29) is 12.5 Å². The van der Waals surface area contributed by atoms with Crippen molar-refractivity contribution < 1.29 is 19.1 Å². The second-order valence-corrected chi connectivity index (χ2v) is 4.60. The van der Waals surface area contributed by atoms with Gasteiger partial charge in [0.1, 0.15) is 23.4 Å². The van der Waals surface area contributed by atoms with Gasteiger partial charge < -0.3 is 19.6 Å². The standard InChI is InChI=1S/C16H19NO4/c1-3-20-14-7-5-4-6-12(14)16(19)17-10-13(18)15-9-8-11(2)21-15/h4-9,13,18H,3,10H2,1-2H3,(H,17,19). The third kappa shape index (κ3) is 3.86. The highest BCUT2D eigenvalue weighted by Crippen LogP contribution is 2.19. The average molecular weight is 289 g/mol. The predicted octanol–water partition coefficient (Wildman–Crippen LogP) is 2.45. The van der Waals surface area contributed by atoms with Crippen LogP contribution >= 0.6 is 0 Å². The maximum atomic E-state index is 12.1. The van der Waals surface area contributed by atoms with Crippen LogP contribution in [0.15, 0.2) is 40.8 Å². The van der Waals surface area contributed by atoms with Crippen molar-refractivity contribution in [1.82, 2.24) is 5.32 Å². The Morgan fingerprint density at radius 3 is 2.76 bits per heavy atom. The smallest absolute Gasteiger partial charge is 0.255 e. The van der Waals surface area contributed by atoms with Gasteiger partial charge in [-0.05, 0) is 38.1 Å². The number of furan rings is 1. The Hall–Kier alpha value is -2.27. The molecule has 1 aromatic heterocycles. The SMILES string of the molecule is CCOc1ccccc1C(=O)NCC(O)c1ccc(C)o1. The highest BCUT2D eigenvalue weighted by Gasteiger charge is 2.16. The van der Waals surface area contributed by atoms with Crippen molar-refractivity contribution in [3.63, 3.8) is 0 Å². The molecule has 0 aliphatic rings. The van der Waals surface area contributed by atoms with Gasteiger partial charge in [-0.2, -0.15) is 0 Å². The summed E-state index contributed by atoms with van der Waals surface area (Å²) in [5.41, 5.74) is 0.446. The lowest BCUT2D eigenvalue weighted by Gasteiger charge is -2.12. The predicted molar refractivity (Wildman–Crippen MR) is 78.3 cm³/mol. The molecule has 112 valence electrons. The molecule has 0 aliphatic heterocycles. The average Bonchev–Trinajstić information content (AvgIpc) is 2.92. The molecule has 1 aromatic carbocycles. The van der Waals surface area contributed by atoms with Crippen molar-refractivity contribution in [2.24, 2.45) is 0 Å². The van der Waals surface area contributed by atoms with E-state index in [1.807, 2.05) is 13.0 Å². The summed E-state index contributed by atoms with van der Waals surface area (Å²) < 4.78 is 10.7. The van der Waals surface area contributed by atoms with Crippen molar-refractivity contribution in [3.05, 3.63) is 53.5 Å². The minimum atomic E-state index is -0.873. The number of hydrogen-bond acceptors (Lipinski definition) is 4. The number of aryl methyl sites for hydroxylation is 1. The van der Waals surface area contributed by atoms with Crippen LogP contribution in [0.3, 0.4) is 0 Å². The van der Waals surface area contributed by atoms with Gasteiger partial charge in [0.2, 0.25) is 0 Å². The molecule has 21 heavy (non-hydrogen) atoms. The summed E-state index contributed by atoms with van der Waals surface area (Å²) in [5.74, 6) is 1.39. The fourth-order valence-corrected chi connectivity index (χ4v) is 1.95. The van der Waals surface area contributed by atoms with Crippen molar-refractivity contribution in [3.8, 4) is 5.75 Å². The van der Waals surface area contributed by atoms with Crippen LogP contribution in [0.5, 0.6) is 5.75 Å². The topological polar surface area (TPSA) is 71.7 Å². The monoisotopic (exact) mass is 289 g/mol. The van der Waals surface area contributed by atoms with Crippen LogP contribution in [-0.2, 0) is 0 Å². The Morgan fingerprint density at radius 2 is 2.10 bits per heavy atom. The summed E-state index contributed by atoms with van der Waals surface area (Å²) in [6.45, 7) is 4.22. The van der Waals surface area contributed by atoms with E-state index >= 15 is 0 Å². The summed E-state index contributed by atoms with van der Waals surface area (Å²) >= 11 is 0. The van der Waals surface area contributed by atoms with Gasteiger partial charge in [-0.3, -0.25) is 4.79 Å². The Balaban J connectivity index is 1.98. The molecule has 0 aliphatic carbocycles. The minimum absolute atomic E-state index is 0.0756. The number of aliphatic hydroxyl groups is 1. The van der Waals surface area contributed by atoms with Crippen molar-refractivity contribution in [1.29, 1.82) is 0 Å². The first kappa shape index (κ1) is 15.1. The molecule has 0 spiro atoms. The number of carbonyl (C=O) groups excluding carboxylic acids is 1. The van der Waals surface area contributed by atoms with E-state index in [0.29, 0.717) is 23.7 Å². The Morgan fingerprint density at radius 1 is 1.33 bits per heavy atom. The second-order valence-electron chi connectivity index (χ2n) is 4.60. The highest BCUT2D eigenvalue weighted by atomic mass is 16.5. The third-order valence-electron chi connectivity index (χ3n) is 2.98. The minimum Gasteiger partial charge on any atom is -0.493 e. The molecule has 2 N–H and O–H groups in total. The molecule has 0 saturated heterocycles. The number of ether oxygens (including phenoxy) is 1. The van der Waals surface area contributed by atoms with E-state index in [0.717, 1.165) is 5.76 Å². The van der Waals surface area contributed by atoms with Gasteiger partial charge in [0.05, 0.1) is 18.7 Å². The van der Waals surface area contributed by atoms with Gasteiger partial charge in [-0.25, -0.2) is 0 Å². The summed E-state index contributed by atoms with van der Waals surface area (Å²) in [6, 6.07) is 10.5. The summed E-state index contributed by atoms with van der Waals surface area (Å²) in [6.07, 6.45) is -0.873. The summed E-state index contributed by atoms with van der Waals surface area (Å²) in [7, 11) is 0. The van der Waals surface area contributed by atoms with Crippen LogP contribution in [0.4, 0.5) is 0 Å². The molecule has 2 aromatic rings. The van der Waals surface area contributed by atoms with Gasteiger partial charge in [0.25, 0.3) is 5.91 Å². The zero-order valence-electron chi connectivity index (χ0n) is 12.1. The highest BCUT2D eigenvalue weighted by molar-refractivity contribution is 5.96. The van der Waals surface area contributed by atoms with Gasteiger partial charge in [0, 0.05) is 0 Å². The molecular formula is C16H19NO4. The molecular weight excluding hydrogens is 270 g/mol. The molecule has 5 heteroatoms. The molecule has 0 saturated carbocycles. The van der Waals surface area contributed by atoms with Crippen LogP contribution in [0.2, 0.25) is 0 Å². The number of aliphatic hydroxyl groups excluding tert-OH is 1. The van der Waals surface area contributed by atoms with Crippen molar-refractivity contribution >= 4 is 5.91 Å². The number of carbonyl (C=O) groups is 1. The van der Waals surface area contributed by atoms with E-state index in [1.165, 1.54) is 0 Å². The number of amides is 1. The number of para-hydroxylation sites is 1. The third-order valence-corrected chi connectivity index (χ3v) is 2.98. The lowest BCUT2D eigenvalue weighted by Crippen LogP contribution is -2.28. The van der Waals surface area contributed by atoms with E-state index in [4.69, 9.17) is 9.15 Å². The molecule has 1 amide bonds. The molecule has 1 unspecified atom stereocenters. The van der Waals surface area contributed by atoms with Gasteiger partial charge in [-0.1, -0.05) is 12.1 Å². The number of hydrogen-bond donors (Lipinski definition) is 2. The van der Waals surface area contributed by atoms with E-state index in [1.54, 1.807) is 37.3 Å². The fourth-order valence-electron chi connectivity index (χ4n) is 1.95. The van der Waals surface area contributed by atoms with Crippen LogP contribution in [0, 0.1) is 6.92 Å². The fraction of sp³-hybridized carbons (Fsp3) is 0.312. The van der Waals surface area contributed by atoms with Gasteiger partial charge in [-0.15, -0.1) is 0 Å². The largest absolute Gasteiger partial charge is 0.493 e. The first-order chi connectivity index (χ1) is 10.1.